The molecular formula is C124H164N4. The average molecular weight is 1710 g/mol. The standard InChI is InChI=1S/C31H43N.2C31H41N.C31H39N/c4*1-30-17-15-25(32(3)4)20-24(30)11-12-26-28-14-13-27(31(28,2)18-16-29(26)30)23-10-9-21-7-5-6-8-22(21)19-23/h5-10,19,24-29H,11-18,20H2,1-4H3;5-10,13,19,24-26,28-29H,11-12,14-18,20H2,1-4H3;5-11,19,25-29H,12-18,20H2,1-4H3;5-11,13,19,25-26,28-29H,12,14-18,20H2,1-4H3/t24-,25+,26-,27+,28-,29-,30-,31+;24-,25+,26-,28-,29-,30-,31+;25-,26+,27-,28+,29+,30+,31-;25-,26+,28+,29+,30+,31-/m0011/s1. The third-order valence-corrected chi connectivity index (χ3v) is 44.0. The number of nitrogens with zero attached hydrogens (tertiary/aromatic N) is 4. The molecule has 16 aliphatic carbocycles. The van der Waals surface area contributed by atoms with Gasteiger partial charge in [-0.3, -0.25) is 0 Å². The molecule has 680 valence electrons. The number of allylic oxidation sites excluding steroid dienone is 6. The number of benzene rings is 8. The fourth-order valence-corrected chi connectivity index (χ4v) is 36.3. The Bertz CT molecular complexity index is 5450. The van der Waals surface area contributed by atoms with Gasteiger partial charge in [-0.05, 0) is 488 Å². The Morgan fingerprint density at radius 2 is 0.562 bits per heavy atom. The summed E-state index contributed by atoms with van der Waals surface area (Å²) in [6.07, 6.45) is 55.8. The normalized spacial score (nSPS) is 41.2. The summed E-state index contributed by atoms with van der Waals surface area (Å²) in [7, 11) is 18.3. The maximum absolute atomic E-state index is 2.73. The summed E-state index contributed by atoms with van der Waals surface area (Å²) in [5.74, 6) is 14.3. The van der Waals surface area contributed by atoms with Crippen molar-refractivity contribution in [2.24, 2.45) is 126 Å². The van der Waals surface area contributed by atoms with Gasteiger partial charge in [0, 0.05) is 24.2 Å². The lowest BCUT2D eigenvalue weighted by Gasteiger charge is -2.61. The fraction of sp³-hybridized carbons (Fsp3) is 0.613. The molecule has 8 aromatic carbocycles. The summed E-state index contributed by atoms with van der Waals surface area (Å²) in [5, 5.41) is 11.1. The molecule has 0 unspecified atom stereocenters. The van der Waals surface area contributed by atoms with Gasteiger partial charge in [-0.15, -0.1) is 0 Å². The Balaban J connectivity index is 0.000000104. The summed E-state index contributed by atoms with van der Waals surface area (Å²) >= 11 is 0. The molecule has 4 heteroatoms. The molecule has 16 aliphatic rings. The van der Waals surface area contributed by atoms with Crippen molar-refractivity contribution in [2.75, 3.05) is 56.4 Å². The molecule has 0 N–H and O–H groups in total. The zero-order valence-electron chi connectivity index (χ0n) is 82.4. The van der Waals surface area contributed by atoms with E-state index >= 15 is 0 Å². The molecule has 0 heterocycles. The van der Waals surface area contributed by atoms with Gasteiger partial charge in [0.05, 0.1) is 0 Å². The third kappa shape index (κ3) is 14.8. The highest BCUT2D eigenvalue weighted by molar-refractivity contribution is 5.89. The van der Waals surface area contributed by atoms with Crippen LogP contribution in [-0.4, -0.2) is 100 Å². The summed E-state index contributed by atoms with van der Waals surface area (Å²) in [6.45, 7) is 21.3. The van der Waals surface area contributed by atoms with Crippen LogP contribution in [0.1, 0.15) is 295 Å². The van der Waals surface area contributed by atoms with Crippen LogP contribution in [0.4, 0.5) is 0 Å². The van der Waals surface area contributed by atoms with Gasteiger partial charge in [-0.1, -0.05) is 249 Å². The second-order valence-corrected chi connectivity index (χ2v) is 49.6. The van der Waals surface area contributed by atoms with Gasteiger partial charge in [0.15, 0.2) is 0 Å². The van der Waals surface area contributed by atoms with Gasteiger partial charge in [-0.2, -0.15) is 0 Å². The molecule has 24 rings (SSSR count). The molecule has 0 aliphatic heterocycles. The number of hydrogen-bond acceptors (Lipinski definition) is 4. The van der Waals surface area contributed by atoms with Gasteiger partial charge in [-0.25, -0.2) is 0 Å². The molecule has 0 radical (unpaired) electrons. The van der Waals surface area contributed by atoms with E-state index < -0.39 is 0 Å². The first-order valence-electron chi connectivity index (χ1n) is 53.0. The molecular weight excluding hydrogens is 1550 g/mol. The molecule has 28 atom stereocenters. The Labute approximate surface area is 775 Å². The average Bonchev–Trinajstić information content (AvgIpc) is 1.48. The van der Waals surface area contributed by atoms with E-state index in [1.807, 2.05) is 5.57 Å². The van der Waals surface area contributed by atoms with Crippen molar-refractivity contribution in [1.29, 1.82) is 0 Å². The van der Waals surface area contributed by atoms with Gasteiger partial charge in [0.2, 0.25) is 0 Å². The van der Waals surface area contributed by atoms with E-state index in [0.29, 0.717) is 43.3 Å². The van der Waals surface area contributed by atoms with E-state index in [-0.39, 0.29) is 0 Å². The lowest BCUT2D eigenvalue weighted by molar-refractivity contribution is -0.115. The van der Waals surface area contributed by atoms with Crippen molar-refractivity contribution in [2.45, 2.75) is 297 Å². The predicted octanol–water partition coefficient (Wildman–Crippen LogP) is 31.2. The highest BCUT2D eigenvalue weighted by Gasteiger charge is 2.65. The van der Waals surface area contributed by atoms with Gasteiger partial charge in [0.1, 0.15) is 0 Å². The van der Waals surface area contributed by atoms with E-state index in [0.717, 1.165) is 119 Å². The van der Waals surface area contributed by atoms with E-state index in [9.17, 15) is 0 Å². The minimum Gasteiger partial charge on any atom is -0.306 e. The Morgan fingerprint density at radius 3 is 0.984 bits per heavy atom. The van der Waals surface area contributed by atoms with Crippen molar-refractivity contribution in [3.05, 3.63) is 228 Å². The van der Waals surface area contributed by atoms with Crippen LogP contribution in [0.25, 0.3) is 54.2 Å². The topological polar surface area (TPSA) is 13.0 Å². The summed E-state index contributed by atoms with van der Waals surface area (Å²) in [6, 6.07) is 67.7. The van der Waals surface area contributed by atoms with E-state index in [1.54, 1.807) is 27.8 Å². The zero-order chi connectivity index (χ0) is 88.3. The van der Waals surface area contributed by atoms with Crippen LogP contribution < -0.4 is 0 Å². The van der Waals surface area contributed by atoms with Gasteiger partial charge >= 0.3 is 0 Å². The van der Waals surface area contributed by atoms with Crippen molar-refractivity contribution < 1.29 is 0 Å². The number of rotatable bonds is 8. The Morgan fingerprint density at radius 1 is 0.242 bits per heavy atom. The maximum atomic E-state index is 2.73. The Hall–Kier alpha value is -6.40. The molecule has 0 bridgehead atoms. The maximum Gasteiger partial charge on any atom is 0.0127 e. The third-order valence-electron chi connectivity index (χ3n) is 44.0. The number of hydrogen-bond donors (Lipinski definition) is 0. The summed E-state index contributed by atoms with van der Waals surface area (Å²) in [5.41, 5.74) is 16.9. The highest BCUT2D eigenvalue weighted by atomic mass is 15.1. The van der Waals surface area contributed by atoms with E-state index in [2.05, 4.69) is 326 Å². The first-order valence-corrected chi connectivity index (χ1v) is 53.0. The molecule has 0 spiro atoms. The monoisotopic (exact) mass is 1710 g/mol. The molecule has 128 heavy (non-hydrogen) atoms. The quantitative estimate of drug-likeness (QED) is 0.141. The second-order valence-electron chi connectivity index (χ2n) is 49.6. The largest absolute Gasteiger partial charge is 0.306 e. The molecule has 4 nitrogen and oxygen atoms in total. The number of fused-ring (bicyclic) bond motifs is 24. The first kappa shape index (κ1) is 88.2. The molecule has 0 aromatic heterocycles. The minimum absolute atomic E-state index is 0.339. The van der Waals surface area contributed by atoms with Crippen molar-refractivity contribution >= 4 is 54.2 Å². The van der Waals surface area contributed by atoms with Crippen LogP contribution in [0, 0.1) is 126 Å². The first-order chi connectivity index (χ1) is 61.6. The van der Waals surface area contributed by atoms with E-state index in [4.69, 9.17) is 0 Å². The van der Waals surface area contributed by atoms with Crippen LogP contribution in [0.5, 0.6) is 0 Å². The predicted molar refractivity (Wildman–Crippen MR) is 545 cm³/mol. The van der Waals surface area contributed by atoms with Crippen molar-refractivity contribution in [1.82, 2.24) is 19.6 Å². The lowest BCUT2D eigenvalue weighted by Crippen LogP contribution is -2.54. The zero-order valence-corrected chi connectivity index (χ0v) is 82.4. The lowest BCUT2D eigenvalue weighted by atomic mass is 9.44. The highest BCUT2D eigenvalue weighted by Crippen LogP contribution is 2.74. The van der Waals surface area contributed by atoms with Crippen LogP contribution in [0.3, 0.4) is 0 Å². The molecule has 8 aromatic rings. The summed E-state index contributed by atoms with van der Waals surface area (Å²) < 4.78 is 0. The minimum atomic E-state index is 0.339. The second kappa shape index (κ2) is 33.9. The van der Waals surface area contributed by atoms with Gasteiger partial charge in [0.25, 0.3) is 0 Å². The SMILES string of the molecule is CN(C)[C@@H]1CC[C@@]2(C)C(=CC[C@@H]3[C@@H]2CC[C@]2(C)C(c4ccc5ccccc5c4)=CC[C@@H]32)C1.CN(C)[C@@H]1CC[C@@]2(C)C(=CC[C@H]3[C@@H]4CC[C@H](c5ccc6ccccc6c5)[C@@]4(C)CC[C@@H]32)C1.CN(C)[C@@H]1CC[C@@]2(C)[C@@H](CC[C@@H]3[C@@H]2CC[C@]2(C)C(c4ccc5ccccc5c4)=CC[C@@H]32)C1.CN(C)[C@@H]1CC[C@@]2(C)[C@@H](CC[C@@H]3[C@@H]2CC[C@]2(C)[C@@H](c4ccc5ccccc5c4)CC[C@@H]32)C1. The van der Waals surface area contributed by atoms with Crippen molar-refractivity contribution in [3.63, 3.8) is 0 Å². The Kier molecular flexibility index (Phi) is 23.4. The molecule has 0 amide bonds. The molecule has 0 saturated heterocycles. The molecule has 12 fully saturated rings. The van der Waals surface area contributed by atoms with Crippen molar-refractivity contribution in [3.8, 4) is 0 Å². The summed E-state index contributed by atoms with van der Waals surface area (Å²) in [4.78, 5) is 9.94. The van der Waals surface area contributed by atoms with E-state index in [1.165, 1.54) is 260 Å². The van der Waals surface area contributed by atoms with Crippen LogP contribution in [-0.2, 0) is 0 Å². The van der Waals surface area contributed by atoms with Crippen LogP contribution >= 0.6 is 0 Å². The fourth-order valence-electron chi connectivity index (χ4n) is 36.3. The smallest absolute Gasteiger partial charge is 0.0127 e. The van der Waals surface area contributed by atoms with Crippen LogP contribution in [0.2, 0.25) is 0 Å². The molecule has 12 saturated carbocycles. The van der Waals surface area contributed by atoms with Crippen LogP contribution in [0.15, 0.2) is 205 Å². The van der Waals surface area contributed by atoms with Gasteiger partial charge < -0.3 is 19.6 Å².